The van der Waals surface area contributed by atoms with Crippen LogP contribution in [0.4, 0.5) is 73.6 Å². The minimum absolute atomic E-state index is 0.0695. The van der Waals surface area contributed by atoms with Gasteiger partial charge in [0, 0.05) is 99.8 Å². The Kier molecular flexibility index (Phi) is 24.5. The number of likely N-dealkylation sites (tertiary alicyclic amines) is 3. The number of carbonyl (C=O) groups excluding carboxylic acids is 5. The average Bonchev–Trinajstić information content (AvgIpc) is 0.765. The number of piperidine rings is 3. The molecule has 108 heavy (non-hydrogen) atoms. The van der Waals surface area contributed by atoms with Crippen LogP contribution in [0.2, 0.25) is 15.1 Å². The Bertz CT molecular complexity index is 4280. The molecule has 3 atom stereocenters. The Morgan fingerprint density at radius 2 is 0.731 bits per heavy atom. The van der Waals surface area contributed by atoms with Crippen LogP contribution in [-0.4, -0.2) is 176 Å². The van der Waals surface area contributed by atoms with E-state index in [9.17, 15) is 79.3 Å². The van der Waals surface area contributed by atoms with Crippen LogP contribution in [0, 0.1) is 67.7 Å². The summed E-state index contributed by atoms with van der Waals surface area (Å²) in [7, 11) is 10.5. The largest absolute Gasteiger partial charge is 0.476 e. The predicted octanol–water partition coefficient (Wildman–Crippen LogP) is 13.2. The van der Waals surface area contributed by atoms with Crippen molar-refractivity contribution in [1.29, 1.82) is 15.8 Å². The highest BCUT2D eigenvalue weighted by atomic mass is 35.5. The third-order valence-electron chi connectivity index (χ3n) is 20.1. The lowest BCUT2D eigenvalue weighted by molar-refractivity contribution is -0.171. The zero-order chi connectivity index (χ0) is 78.5. The average molecular weight is 1560 g/mol. The zero-order valence-corrected chi connectivity index (χ0v) is 61.8. The lowest BCUT2D eigenvalue weighted by Crippen LogP contribution is -2.56. The van der Waals surface area contributed by atoms with Crippen LogP contribution in [-0.2, 0) is 43.2 Å². The topological polar surface area (TPSA) is 222 Å². The van der Waals surface area contributed by atoms with Crippen LogP contribution in [0.5, 0.6) is 17.2 Å². The maximum atomic E-state index is 13.4. The maximum Gasteiger partial charge on any atom is 0.471 e. The molecule has 0 aromatic heterocycles. The van der Waals surface area contributed by atoms with E-state index in [2.05, 4.69) is 23.5 Å². The smallest absolute Gasteiger partial charge is 0.471 e. The molecule has 0 aliphatic carbocycles. The van der Waals surface area contributed by atoms with Crippen molar-refractivity contribution in [3.8, 4) is 35.5 Å². The SMILES string of the molecule is CN(C)c1cc2c(cc1Cl)N(C(=O)C(F)(F)F)CC(C(=O)N1CCC(C#N)(Cc3ccc(F)cc3)CC1)O2.CN(C)c1cc2c(cc1Cl)N(C(=O)C(F)(F)F)CC(C(=O)N1CCC(C#N)(Cc3ccc(F)cc3)CC1)O2.CN(C)c1cc2c(cc1Cl)NCC(C(=O)N1CCC(C#N)(Cc3ccc(F)cc3)CC1)O2. The second-order valence-electron chi connectivity index (χ2n) is 28.1. The lowest BCUT2D eigenvalue weighted by atomic mass is 9.75. The Balaban J connectivity index is 0.000000174. The van der Waals surface area contributed by atoms with E-state index in [0.717, 1.165) is 28.1 Å². The van der Waals surface area contributed by atoms with Crippen LogP contribution >= 0.6 is 34.8 Å². The van der Waals surface area contributed by atoms with Gasteiger partial charge >= 0.3 is 24.2 Å². The first kappa shape index (κ1) is 80.5. The number of rotatable bonds is 12. The van der Waals surface area contributed by atoms with Gasteiger partial charge in [-0.05, 0) is 129 Å². The molecule has 1 N–H and O–H groups in total. The van der Waals surface area contributed by atoms with Gasteiger partial charge in [-0.15, -0.1) is 0 Å². The number of halogens is 12. The molecule has 0 spiro atoms. The minimum atomic E-state index is -5.17. The van der Waals surface area contributed by atoms with Crippen LogP contribution in [0.25, 0.3) is 0 Å². The van der Waals surface area contributed by atoms with Crippen molar-refractivity contribution >= 4 is 98.5 Å². The summed E-state index contributed by atoms with van der Waals surface area (Å²) in [6.45, 7) is 0.767. The van der Waals surface area contributed by atoms with E-state index in [-0.39, 0.29) is 82.5 Å². The monoisotopic (exact) mass is 1560 g/mol. The second kappa shape index (κ2) is 32.8. The van der Waals surface area contributed by atoms with Crippen molar-refractivity contribution in [2.45, 2.75) is 88.5 Å². The molecule has 6 heterocycles. The molecule has 6 aliphatic rings. The molecular weight excluding hydrogens is 1490 g/mol. The highest BCUT2D eigenvalue weighted by Gasteiger charge is 2.51. The molecule has 5 amide bonds. The van der Waals surface area contributed by atoms with Gasteiger partial charge in [0.2, 0.25) is 0 Å². The molecule has 6 aromatic carbocycles. The van der Waals surface area contributed by atoms with Gasteiger partial charge in [0.15, 0.2) is 18.3 Å². The molecular formula is C76H76Cl3F9N12O8. The van der Waals surface area contributed by atoms with E-state index in [1.165, 1.54) is 70.5 Å². The number of nitrogens with one attached hydrogen (secondary N) is 1. The third-order valence-corrected chi connectivity index (χ3v) is 21.0. The van der Waals surface area contributed by atoms with Gasteiger partial charge in [0.1, 0.15) is 34.7 Å². The summed E-state index contributed by atoms with van der Waals surface area (Å²) in [5, 5.41) is 33.7. The lowest BCUT2D eigenvalue weighted by Gasteiger charge is -2.41. The highest BCUT2D eigenvalue weighted by molar-refractivity contribution is 6.34. The molecule has 0 radical (unpaired) electrons. The number of alkyl halides is 6. The normalized spacial score (nSPS) is 18.9. The summed E-state index contributed by atoms with van der Waals surface area (Å²) in [6.07, 6.45) is -10.0. The minimum Gasteiger partial charge on any atom is -0.476 e. The standard InChI is InChI=1S/2C26H25ClF4N4O3.C24H26ClFN4O2/c2*1-33(2)19-12-21-20(11-18(19)27)35(24(37)26(29,30)31)14-22(38-21)23(36)34-9-7-25(15-32,8-10-34)13-16-3-5-17(28)6-4-16;1-29(2)20-12-21-19(11-18(20)25)28-14-22(32-21)23(31)30-9-7-24(15-27,8-10-30)13-16-3-5-17(26)6-4-16/h2*3-6,11-12,22H,7-10,13-14H2,1-2H3;3-6,11-12,22,28H,7-10,13-14H2,1-2H3. The van der Waals surface area contributed by atoms with Gasteiger partial charge in [0.25, 0.3) is 17.7 Å². The molecule has 6 aliphatic heterocycles. The van der Waals surface area contributed by atoms with Crippen LogP contribution in [0.1, 0.15) is 55.2 Å². The van der Waals surface area contributed by atoms with E-state index in [1.54, 1.807) is 79.3 Å². The number of benzene rings is 6. The summed E-state index contributed by atoms with van der Waals surface area (Å²) in [6, 6.07) is 34.0. The predicted molar refractivity (Wildman–Crippen MR) is 388 cm³/mol. The highest BCUT2D eigenvalue weighted by Crippen LogP contribution is 2.47. The molecule has 32 heteroatoms. The Morgan fingerprint density at radius 3 is 1.02 bits per heavy atom. The number of nitrogens with zero attached hydrogens (tertiary/aromatic N) is 11. The van der Waals surface area contributed by atoms with Gasteiger partial charge < -0.3 is 48.9 Å². The van der Waals surface area contributed by atoms with Crippen LogP contribution in [0.15, 0.2) is 109 Å². The first-order chi connectivity index (χ1) is 51.0. The van der Waals surface area contributed by atoms with Crippen molar-refractivity contribution in [2.24, 2.45) is 16.2 Å². The summed E-state index contributed by atoms with van der Waals surface area (Å²) in [4.78, 5) is 75.2. The summed E-state index contributed by atoms with van der Waals surface area (Å²) in [5.74, 6) is -6.09. The number of amides is 5. The summed E-state index contributed by atoms with van der Waals surface area (Å²) >= 11 is 18.8. The Morgan fingerprint density at radius 1 is 0.454 bits per heavy atom. The van der Waals surface area contributed by atoms with E-state index in [4.69, 9.17) is 49.0 Å². The number of hydrogen-bond donors (Lipinski definition) is 1. The van der Waals surface area contributed by atoms with Gasteiger partial charge in [-0.3, -0.25) is 33.8 Å². The summed E-state index contributed by atoms with van der Waals surface area (Å²) < 4.78 is 138. The van der Waals surface area contributed by atoms with Crippen molar-refractivity contribution in [3.05, 3.63) is 158 Å². The molecule has 6 aromatic rings. The fourth-order valence-corrected chi connectivity index (χ4v) is 14.9. The van der Waals surface area contributed by atoms with Crippen molar-refractivity contribution in [3.63, 3.8) is 0 Å². The number of ether oxygens (including phenoxy) is 3. The van der Waals surface area contributed by atoms with Crippen LogP contribution < -0.4 is 44.0 Å². The number of hydrogen-bond acceptors (Lipinski definition) is 15. The number of fused-ring (bicyclic) bond motifs is 3. The number of carbonyl (C=O) groups is 5. The van der Waals surface area contributed by atoms with E-state index in [0.29, 0.717) is 109 Å². The second-order valence-corrected chi connectivity index (χ2v) is 29.3. The third kappa shape index (κ3) is 18.4. The quantitative estimate of drug-likeness (QED) is 0.113. The van der Waals surface area contributed by atoms with Gasteiger partial charge in [-0.2, -0.15) is 42.1 Å². The molecule has 12 rings (SSSR count). The molecule has 0 bridgehead atoms. The first-order valence-electron chi connectivity index (χ1n) is 34.3. The maximum absolute atomic E-state index is 13.4. The molecule has 3 unspecified atom stereocenters. The summed E-state index contributed by atoms with van der Waals surface area (Å²) in [5.41, 5.74) is 2.53. The Labute approximate surface area is 633 Å². The molecule has 3 saturated heterocycles. The first-order valence-corrected chi connectivity index (χ1v) is 35.5. The fraction of sp³-hybridized carbons (Fsp3) is 0.421. The van der Waals surface area contributed by atoms with E-state index in [1.807, 2.05) is 31.1 Å². The number of anilines is 6. The van der Waals surface area contributed by atoms with E-state index >= 15 is 0 Å². The molecule has 3 fully saturated rings. The molecule has 0 saturated carbocycles. The van der Waals surface area contributed by atoms with Crippen LogP contribution in [0.3, 0.4) is 0 Å². The molecule has 20 nitrogen and oxygen atoms in total. The number of nitriles is 3. The van der Waals surface area contributed by atoms with Gasteiger partial charge in [-0.25, -0.2) is 13.2 Å². The van der Waals surface area contributed by atoms with Gasteiger partial charge in [-0.1, -0.05) is 71.2 Å². The Hall–Kier alpha value is -10.0. The van der Waals surface area contributed by atoms with E-state index < -0.39 is 83.6 Å². The molecule has 572 valence electrons. The van der Waals surface area contributed by atoms with Gasteiger partial charge in [0.05, 0.1) is 103 Å². The van der Waals surface area contributed by atoms with Crippen molar-refractivity contribution in [1.82, 2.24) is 14.7 Å². The zero-order valence-electron chi connectivity index (χ0n) is 59.6. The van der Waals surface area contributed by atoms with Crippen molar-refractivity contribution < 1.29 is 77.7 Å². The van der Waals surface area contributed by atoms with Crippen molar-refractivity contribution in [2.75, 3.05) is 131 Å². The fourth-order valence-electron chi connectivity index (χ4n) is 13.9.